The molecule has 2 aromatic rings. The fourth-order valence-corrected chi connectivity index (χ4v) is 2.68. The molecule has 0 radical (unpaired) electrons. The number of hydrogen-bond acceptors (Lipinski definition) is 2. The van der Waals surface area contributed by atoms with E-state index >= 15 is 0 Å². The second kappa shape index (κ2) is 6.97. The number of benzene rings is 2. The summed E-state index contributed by atoms with van der Waals surface area (Å²) in [5.41, 5.74) is 1.32. The number of rotatable bonds is 7. The highest BCUT2D eigenvalue weighted by atomic mass is 35.5. The molecule has 1 fully saturated rings. The molecule has 0 heterocycles. The van der Waals surface area contributed by atoms with Gasteiger partial charge in [0.2, 0.25) is 0 Å². The van der Waals surface area contributed by atoms with Crippen molar-refractivity contribution in [2.75, 3.05) is 13.2 Å². The van der Waals surface area contributed by atoms with Crippen LogP contribution in [0.2, 0.25) is 5.02 Å². The summed E-state index contributed by atoms with van der Waals surface area (Å²) in [5.74, 6) is 1.68. The van der Waals surface area contributed by atoms with Gasteiger partial charge in [0, 0.05) is 17.6 Å². The first-order valence-electron chi connectivity index (χ1n) is 7.49. The van der Waals surface area contributed by atoms with Crippen molar-refractivity contribution in [3.63, 3.8) is 0 Å². The van der Waals surface area contributed by atoms with Crippen LogP contribution in [0.3, 0.4) is 0 Å². The molecule has 0 aromatic heterocycles. The van der Waals surface area contributed by atoms with Crippen molar-refractivity contribution >= 4 is 11.6 Å². The van der Waals surface area contributed by atoms with Crippen molar-refractivity contribution in [1.82, 2.24) is 5.32 Å². The number of nitrogens with one attached hydrogen (secondary N) is 1. The van der Waals surface area contributed by atoms with Crippen LogP contribution in [0.15, 0.2) is 54.6 Å². The van der Waals surface area contributed by atoms with Crippen molar-refractivity contribution in [3.05, 3.63) is 65.2 Å². The molecule has 0 amide bonds. The van der Waals surface area contributed by atoms with Crippen LogP contribution in [0.25, 0.3) is 0 Å². The summed E-state index contributed by atoms with van der Waals surface area (Å²) in [7, 11) is 0. The Labute approximate surface area is 131 Å². The van der Waals surface area contributed by atoms with Gasteiger partial charge in [0.05, 0.1) is 0 Å². The van der Waals surface area contributed by atoms with E-state index in [0.29, 0.717) is 12.6 Å². The lowest BCUT2D eigenvalue weighted by Gasteiger charge is -2.19. The molecule has 0 spiro atoms. The minimum Gasteiger partial charge on any atom is -0.492 e. The maximum atomic E-state index is 5.97. The van der Waals surface area contributed by atoms with E-state index in [-0.39, 0.29) is 0 Å². The Morgan fingerprint density at radius 3 is 2.43 bits per heavy atom. The molecule has 0 aliphatic heterocycles. The van der Waals surface area contributed by atoms with Gasteiger partial charge in [0.1, 0.15) is 12.4 Å². The van der Waals surface area contributed by atoms with E-state index in [0.717, 1.165) is 23.2 Å². The molecule has 1 atom stereocenters. The lowest BCUT2D eigenvalue weighted by Crippen LogP contribution is -2.27. The van der Waals surface area contributed by atoms with E-state index in [4.69, 9.17) is 16.3 Å². The fourth-order valence-electron chi connectivity index (χ4n) is 2.56. The van der Waals surface area contributed by atoms with E-state index in [9.17, 15) is 0 Å². The quantitative estimate of drug-likeness (QED) is 0.762. The molecule has 1 saturated carbocycles. The first-order valence-corrected chi connectivity index (χ1v) is 7.87. The lowest BCUT2D eigenvalue weighted by molar-refractivity contribution is 0.301. The second-order valence-electron chi connectivity index (χ2n) is 5.48. The van der Waals surface area contributed by atoms with Gasteiger partial charge in [-0.2, -0.15) is 0 Å². The molecule has 110 valence electrons. The predicted octanol–water partition coefficient (Wildman–Crippen LogP) is 4.46. The largest absolute Gasteiger partial charge is 0.492 e. The third kappa shape index (κ3) is 4.23. The van der Waals surface area contributed by atoms with Gasteiger partial charge in [-0.05, 0) is 48.6 Å². The third-order valence-corrected chi connectivity index (χ3v) is 4.05. The van der Waals surface area contributed by atoms with Gasteiger partial charge >= 0.3 is 0 Å². The Morgan fingerprint density at radius 2 is 1.76 bits per heavy atom. The summed E-state index contributed by atoms with van der Waals surface area (Å²) in [4.78, 5) is 0. The molecule has 1 N–H and O–H groups in total. The van der Waals surface area contributed by atoms with Gasteiger partial charge in [-0.1, -0.05) is 41.9 Å². The maximum Gasteiger partial charge on any atom is 0.119 e. The van der Waals surface area contributed by atoms with Crippen LogP contribution in [0.5, 0.6) is 5.75 Å². The Hall–Kier alpha value is -1.51. The third-order valence-electron chi connectivity index (χ3n) is 3.80. The fraction of sp³-hybridized carbons (Fsp3) is 0.333. The molecule has 1 aliphatic carbocycles. The molecule has 2 aromatic carbocycles. The van der Waals surface area contributed by atoms with Crippen LogP contribution in [-0.2, 0) is 0 Å². The SMILES string of the molecule is Clc1ccc(C(NCCOc2ccccc2)C2CC2)cc1. The topological polar surface area (TPSA) is 21.3 Å². The van der Waals surface area contributed by atoms with Crippen LogP contribution in [-0.4, -0.2) is 13.2 Å². The zero-order chi connectivity index (χ0) is 14.5. The Kier molecular flexibility index (Phi) is 4.79. The lowest BCUT2D eigenvalue weighted by atomic mass is 10.0. The minimum atomic E-state index is 0.418. The van der Waals surface area contributed by atoms with Crippen LogP contribution in [0.1, 0.15) is 24.4 Å². The Balaban J connectivity index is 1.51. The van der Waals surface area contributed by atoms with Crippen molar-refractivity contribution in [2.24, 2.45) is 5.92 Å². The average molecular weight is 302 g/mol. The number of hydrogen-bond donors (Lipinski definition) is 1. The monoisotopic (exact) mass is 301 g/mol. The second-order valence-corrected chi connectivity index (χ2v) is 5.92. The van der Waals surface area contributed by atoms with Crippen molar-refractivity contribution in [3.8, 4) is 5.75 Å². The number of halogens is 1. The summed E-state index contributed by atoms with van der Waals surface area (Å²) in [5, 5.41) is 4.41. The number of ether oxygens (including phenoxy) is 1. The standard InChI is InChI=1S/C18H20ClNO/c19-16-10-8-15(9-11-16)18(14-6-7-14)20-12-13-21-17-4-2-1-3-5-17/h1-5,8-11,14,18,20H,6-7,12-13H2. The van der Waals surface area contributed by atoms with Gasteiger partial charge < -0.3 is 10.1 Å². The van der Waals surface area contributed by atoms with Gasteiger partial charge in [-0.3, -0.25) is 0 Å². The smallest absolute Gasteiger partial charge is 0.119 e. The average Bonchev–Trinajstić information content (AvgIpc) is 3.34. The highest BCUT2D eigenvalue weighted by Gasteiger charge is 2.31. The molecule has 2 nitrogen and oxygen atoms in total. The minimum absolute atomic E-state index is 0.418. The molecule has 21 heavy (non-hydrogen) atoms. The van der Waals surface area contributed by atoms with Crippen LogP contribution < -0.4 is 10.1 Å². The molecule has 3 heteroatoms. The molecule has 1 unspecified atom stereocenters. The summed E-state index contributed by atoms with van der Waals surface area (Å²) >= 11 is 5.97. The van der Waals surface area contributed by atoms with Crippen molar-refractivity contribution in [2.45, 2.75) is 18.9 Å². The van der Waals surface area contributed by atoms with Gasteiger partial charge in [0.25, 0.3) is 0 Å². The van der Waals surface area contributed by atoms with Crippen molar-refractivity contribution in [1.29, 1.82) is 0 Å². The summed E-state index contributed by atoms with van der Waals surface area (Å²) in [6.07, 6.45) is 2.61. The maximum absolute atomic E-state index is 5.97. The van der Waals surface area contributed by atoms with E-state index in [2.05, 4.69) is 17.4 Å². The normalized spacial score (nSPS) is 15.7. The number of para-hydroxylation sites is 1. The Bertz CT molecular complexity index is 551. The predicted molar refractivity (Wildman–Crippen MR) is 86.9 cm³/mol. The molecule has 3 rings (SSSR count). The van der Waals surface area contributed by atoms with Crippen LogP contribution >= 0.6 is 11.6 Å². The first-order chi connectivity index (χ1) is 10.3. The Morgan fingerprint density at radius 1 is 1.05 bits per heavy atom. The van der Waals surface area contributed by atoms with E-state index < -0.39 is 0 Å². The molecular weight excluding hydrogens is 282 g/mol. The zero-order valence-corrected chi connectivity index (χ0v) is 12.7. The van der Waals surface area contributed by atoms with E-state index in [1.54, 1.807) is 0 Å². The summed E-state index contributed by atoms with van der Waals surface area (Å²) < 4.78 is 5.73. The summed E-state index contributed by atoms with van der Waals surface area (Å²) in [6.45, 7) is 1.53. The highest BCUT2D eigenvalue weighted by molar-refractivity contribution is 6.30. The zero-order valence-electron chi connectivity index (χ0n) is 12.0. The van der Waals surface area contributed by atoms with Crippen LogP contribution in [0, 0.1) is 5.92 Å². The van der Waals surface area contributed by atoms with Gasteiger partial charge in [0.15, 0.2) is 0 Å². The van der Waals surface area contributed by atoms with Gasteiger partial charge in [-0.25, -0.2) is 0 Å². The molecule has 0 saturated heterocycles. The molecule has 1 aliphatic rings. The first kappa shape index (κ1) is 14.4. The van der Waals surface area contributed by atoms with E-state index in [1.807, 2.05) is 42.5 Å². The van der Waals surface area contributed by atoms with E-state index in [1.165, 1.54) is 18.4 Å². The van der Waals surface area contributed by atoms with Crippen molar-refractivity contribution < 1.29 is 4.74 Å². The molecular formula is C18H20ClNO. The summed E-state index contributed by atoms with van der Waals surface area (Å²) in [6, 6.07) is 18.5. The molecule has 0 bridgehead atoms. The highest BCUT2D eigenvalue weighted by Crippen LogP contribution is 2.41. The van der Waals surface area contributed by atoms with Gasteiger partial charge in [-0.15, -0.1) is 0 Å². The van der Waals surface area contributed by atoms with Crippen LogP contribution in [0.4, 0.5) is 0 Å².